The minimum atomic E-state index is -3.42. The van der Waals surface area contributed by atoms with Crippen molar-refractivity contribution in [3.8, 4) is 0 Å². The predicted octanol–water partition coefficient (Wildman–Crippen LogP) is 1.65. The van der Waals surface area contributed by atoms with Crippen LogP contribution in [-0.4, -0.2) is 39.3 Å². The van der Waals surface area contributed by atoms with Crippen molar-refractivity contribution in [2.75, 3.05) is 18.9 Å². The van der Waals surface area contributed by atoms with Gasteiger partial charge in [-0.2, -0.15) is 0 Å². The Balaban J connectivity index is 2.52. The molecule has 0 heterocycles. The summed E-state index contributed by atoms with van der Waals surface area (Å²) in [5.41, 5.74) is 0. The summed E-state index contributed by atoms with van der Waals surface area (Å²) in [5, 5.41) is 3.01. The molecule has 0 saturated heterocycles. The Hall–Kier alpha value is -1.11. The second-order valence-electron chi connectivity index (χ2n) is 4.16. The molecule has 0 aliphatic carbocycles. The van der Waals surface area contributed by atoms with E-state index in [4.69, 9.17) is 16.3 Å². The van der Waals surface area contributed by atoms with Gasteiger partial charge in [-0.05, 0) is 38.1 Å². The highest BCUT2D eigenvalue weighted by Gasteiger charge is 2.16. The molecule has 1 aromatic carbocycles. The molecule has 1 atom stereocenters. The van der Waals surface area contributed by atoms with Crippen LogP contribution in [0.5, 0.6) is 0 Å². The van der Waals surface area contributed by atoms with Crippen LogP contribution in [-0.2, 0) is 19.4 Å². The zero-order valence-electron chi connectivity index (χ0n) is 11.4. The summed E-state index contributed by atoms with van der Waals surface area (Å²) in [6.07, 6.45) is -0.585. The molecule has 0 aliphatic rings. The van der Waals surface area contributed by atoms with Crippen molar-refractivity contribution in [2.24, 2.45) is 0 Å². The Morgan fingerprint density at radius 2 is 1.95 bits per heavy atom. The monoisotopic (exact) mass is 319 g/mol. The highest BCUT2D eigenvalue weighted by molar-refractivity contribution is 7.91. The second-order valence-corrected chi connectivity index (χ2v) is 6.71. The van der Waals surface area contributed by atoms with Crippen LogP contribution in [0.3, 0.4) is 0 Å². The number of benzene rings is 1. The van der Waals surface area contributed by atoms with Crippen molar-refractivity contribution in [1.82, 2.24) is 5.32 Å². The zero-order chi connectivity index (χ0) is 15.2. The van der Waals surface area contributed by atoms with Crippen molar-refractivity contribution in [3.05, 3.63) is 29.3 Å². The molecule has 1 rings (SSSR count). The molecule has 0 bridgehead atoms. The van der Waals surface area contributed by atoms with Crippen LogP contribution in [0.2, 0.25) is 5.02 Å². The molecule has 0 fully saturated rings. The highest BCUT2D eigenvalue weighted by atomic mass is 35.5. The number of rotatable bonds is 7. The molecule has 112 valence electrons. The summed E-state index contributed by atoms with van der Waals surface area (Å²) in [6.45, 7) is 3.88. The van der Waals surface area contributed by atoms with Crippen LogP contribution in [0.25, 0.3) is 0 Å². The first-order valence-electron chi connectivity index (χ1n) is 6.24. The van der Waals surface area contributed by atoms with Gasteiger partial charge in [-0.3, -0.25) is 4.79 Å². The summed E-state index contributed by atoms with van der Waals surface area (Å²) < 4.78 is 29.1. The first-order chi connectivity index (χ1) is 9.36. The molecule has 1 amide bonds. The lowest BCUT2D eigenvalue weighted by molar-refractivity contribution is -0.131. The first kappa shape index (κ1) is 16.9. The lowest BCUT2D eigenvalue weighted by atomic mass is 10.4. The standard InChI is InChI=1S/C13H18ClNO4S/c1-3-19-10(2)13(16)15-8-9-20(17,18)12-6-4-11(14)5-7-12/h4-7,10H,3,8-9H2,1-2H3,(H,15,16)/t10-/m1/s1. The summed E-state index contributed by atoms with van der Waals surface area (Å²) in [5.74, 6) is -0.489. The van der Waals surface area contributed by atoms with E-state index in [9.17, 15) is 13.2 Å². The van der Waals surface area contributed by atoms with Crippen LogP contribution in [0.15, 0.2) is 29.2 Å². The molecule has 0 aromatic heterocycles. The van der Waals surface area contributed by atoms with E-state index in [1.165, 1.54) is 24.3 Å². The molecule has 5 nitrogen and oxygen atoms in total. The van der Waals surface area contributed by atoms with E-state index in [2.05, 4.69) is 5.32 Å². The fraction of sp³-hybridized carbons (Fsp3) is 0.462. The molecule has 0 aliphatic heterocycles. The SMILES string of the molecule is CCO[C@H](C)C(=O)NCCS(=O)(=O)c1ccc(Cl)cc1. The Kier molecular flexibility index (Phi) is 6.45. The Morgan fingerprint density at radius 3 is 2.50 bits per heavy atom. The Labute approximate surface area is 124 Å². The average Bonchev–Trinajstić information content (AvgIpc) is 2.39. The van der Waals surface area contributed by atoms with Gasteiger partial charge in [0.15, 0.2) is 9.84 Å². The number of hydrogen-bond donors (Lipinski definition) is 1. The van der Waals surface area contributed by atoms with Crippen LogP contribution >= 0.6 is 11.6 Å². The van der Waals surface area contributed by atoms with E-state index in [-0.39, 0.29) is 23.1 Å². The van der Waals surface area contributed by atoms with Gasteiger partial charge in [0.25, 0.3) is 0 Å². The van der Waals surface area contributed by atoms with Gasteiger partial charge in [0, 0.05) is 18.2 Å². The third-order valence-corrected chi connectivity index (χ3v) is 4.61. The van der Waals surface area contributed by atoms with E-state index in [0.29, 0.717) is 11.6 Å². The molecular formula is C13H18ClNO4S. The largest absolute Gasteiger partial charge is 0.369 e. The number of carbonyl (C=O) groups excluding carboxylic acids is 1. The maximum atomic E-state index is 12.0. The number of amides is 1. The van der Waals surface area contributed by atoms with Gasteiger partial charge in [-0.25, -0.2) is 8.42 Å². The molecule has 20 heavy (non-hydrogen) atoms. The van der Waals surface area contributed by atoms with Gasteiger partial charge in [0.05, 0.1) is 10.6 Å². The first-order valence-corrected chi connectivity index (χ1v) is 8.27. The minimum absolute atomic E-state index is 0.0429. The third-order valence-electron chi connectivity index (χ3n) is 2.63. The lowest BCUT2D eigenvalue weighted by Crippen LogP contribution is -2.37. The van der Waals surface area contributed by atoms with E-state index in [1.807, 2.05) is 0 Å². The van der Waals surface area contributed by atoms with Gasteiger partial charge < -0.3 is 10.1 Å². The van der Waals surface area contributed by atoms with Crippen molar-refractivity contribution in [3.63, 3.8) is 0 Å². The number of halogens is 1. The Morgan fingerprint density at radius 1 is 1.35 bits per heavy atom. The lowest BCUT2D eigenvalue weighted by Gasteiger charge is -2.12. The van der Waals surface area contributed by atoms with Gasteiger partial charge in [0.1, 0.15) is 6.10 Å². The fourth-order valence-corrected chi connectivity index (χ4v) is 2.82. The molecule has 0 unspecified atom stereocenters. The normalized spacial score (nSPS) is 12.9. The van der Waals surface area contributed by atoms with E-state index >= 15 is 0 Å². The summed E-state index contributed by atoms with van der Waals surface area (Å²) in [6, 6.07) is 5.93. The van der Waals surface area contributed by atoms with Gasteiger partial charge in [-0.15, -0.1) is 0 Å². The van der Waals surface area contributed by atoms with Crippen molar-refractivity contribution >= 4 is 27.3 Å². The molecule has 1 N–H and O–H groups in total. The number of sulfone groups is 1. The van der Waals surface area contributed by atoms with Crippen LogP contribution < -0.4 is 5.32 Å². The van der Waals surface area contributed by atoms with Gasteiger partial charge in [-0.1, -0.05) is 11.6 Å². The molecule has 0 radical (unpaired) electrons. The molecule has 1 aromatic rings. The third kappa shape index (κ3) is 5.11. The van der Waals surface area contributed by atoms with Gasteiger partial charge in [0.2, 0.25) is 5.91 Å². The zero-order valence-corrected chi connectivity index (χ0v) is 13.0. The predicted molar refractivity (Wildman–Crippen MR) is 77.6 cm³/mol. The second kappa shape index (κ2) is 7.61. The quantitative estimate of drug-likeness (QED) is 0.829. The smallest absolute Gasteiger partial charge is 0.248 e. The van der Waals surface area contributed by atoms with Crippen molar-refractivity contribution in [1.29, 1.82) is 0 Å². The van der Waals surface area contributed by atoms with Crippen molar-refractivity contribution < 1.29 is 17.9 Å². The van der Waals surface area contributed by atoms with E-state index in [0.717, 1.165) is 0 Å². The molecule has 0 saturated carbocycles. The van der Waals surface area contributed by atoms with Crippen LogP contribution in [0.4, 0.5) is 0 Å². The number of nitrogens with one attached hydrogen (secondary N) is 1. The summed E-state index contributed by atoms with van der Waals surface area (Å²) in [7, 11) is -3.42. The number of hydrogen-bond acceptors (Lipinski definition) is 4. The van der Waals surface area contributed by atoms with Crippen LogP contribution in [0.1, 0.15) is 13.8 Å². The Bertz CT molecular complexity index is 542. The topological polar surface area (TPSA) is 72.5 Å². The average molecular weight is 320 g/mol. The molecular weight excluding hydrogens is 302 g/mol. The van der Waals surface area contributed by atoms with E-state index in [1.54, 1.807) is 13.8 Å². The molecule has 7 heteroatoms. The fourth-order valence-electron chi connectivity index (χ4n) is 1.54. The van der Waals surface area contributed by atoms with Gasteiger partial charge >= 0.3 is 0 Å². The highest BCUT2D eigenvalue weighted by Crippen LogP contribution is 2.15. The van der Waals surface area contributed by atoms with Crippen molar-refractivity contribution in [2.45, 2.75) is 24.8 Å². The minimum Gasteiger partial charge on any atom is -0.369 e. The molecule has 0 spiro atoms. The summed E-state index contributed by atoms with van der Waals surface area (Å²) >= 11 is 5.71. The van der Waals surface area contributed by atoms with E-state index < -0.39 is 15.9 Å². The maximum Gasteiger partial charge on any atom is 0.248 e. The maximum absolute atomic E-state index is 12.0. The van der Waals surface area contributed by atoms with Crippen LogP contribution in [0, 0.1) is 0 Å². The number of ether oxygens (including phenoxy) is 1. The summed E-state index contributed by atoms with van der Waals surface area (Å²) in [4.78, 5) is 11.7. The number of carbonyl (C=O) groups is 1.